The van der Waals surface area contributed by atoms with Crippen molar-refractivity contribution >= 4 is 33.5 Å². The molecular weight excluding hydrogens is 268 g/mol. The standard InChI is InChI=1S/C15H16N4S/c1-2-4-12-11(3-1)14(19-8-6-16-7-9-19)17-13-5-10-20-15(13)18-12/h1-5,10,16,18H,6-9H2. The van der Waals surface area contributed by atoms with Crippen LogP contribution in [0.1, 0.15) is 5.56 Å². The van der Waals surface area contributed by atoms with Gasteiger partial charge in [0.05, 0.1) is 5.69 Å². The predicted molar refractivity (Wildman–Crippen MR) is 84.7 cm³/mol. The van der Waals surface area contributed by atoms with Gasteiger partial charge in [-0.05, 0) is 23.6 Å². The number of fused-ring (bicyclic) bond motifs is 2. The number of rotatable bonds is 0. The maximum Gasteiger partial charge on any atom is 0.138 e. The third kappa shape index (κ3) is 1.99. The van der Waals surface area contributed by atoms with E-state index in [2.05, 4.69) is 51.2 Å². The van der Waals surface area contributed by atoms with Gasteiger partial charge in [0.2, 0.25) is 0 Å². The van der Waals surface area contributed by atoms with Crippen LogP contribution in [0.2, 0.25) is 0 Å². The topological polar surface area (TPSA) is 39.7 Å². The highest BCUT2D eigenvalue weighted by Crippen LogP contribution is 2.38. The van der Waals surface area contributed by atoms with Gasteiger partial charge in [-0.1, -0.05) is 12.1 Å². The molecule has 20 heavy (non-hydrogen) atoms. The summed E-state index contributed by atoms with van der Waals surface area (Å²) in [6.45, 7) is 4.05. The molecular formula is C15H16N4S. The van der Waals surface area contributed by atoms with E-state index >= 15 is 0 Å². The number of hydrogen-bond donors (Lipinski definition) is 2. The number of benzene rings is 1. The van der Waals surface area contributed by atoms with Gasteiger partial charge in [0.25, 0.3) is 0 Å². The van der Waals surface area contributed by atoms with Crippen molar-refractivity contribution in [2.75, 3.05) is 31.5 Å². The smallest absolute Gasteiger partial charge is 0.138 e. The molecule has 0 unspecified atom stereocenters. The summed E-state index contributed by atoms with van der Waals surface area (Å²) >= 11 is 1.70. The van der Waals surface area contributed by atoms with E-state index < -0.39 is 0 Å². The van der Waals surface area contributed by atoms with Crippen LogP contribution >= 0.6 is 11.3 Å². The minimum atomic E-state index is 1.01. The maximum atomic E-state index is 4.93. The molecule has 2 aliphatic rings. The molecule has 4 rings (SSSR count). The van der Waals surface area contributed by atoms with Gasteiger partial charge in [0, 0.05) is 31.7 Å². The highest BCUT2D eigenvalue weighted by atomic mass is 32.1. The lowest BCUT2D eigenvalue weighted by Crippen LogP contribution is -2.46. The van der Waals surface area contributed by atoms with E-state index in [1.54, 1.807) is 11.3 Å². The van der Waals surface area contributed by atoms with Crippen molar-refractivity contribution in [2.45, 2.75) is 0 Å². The van der Waals surface area contributed by atoms with Gasteiger partial charge in [0.15, 0.2) is 0 Å². The highest BCUT2D eigenvalue weighted by Gasteiger charge is 2.22. The second-order valence-corrected chi connectivity index (χ2v) is 5.89. The van der Waals surface area contributed by atoms with Crippen molar-refractivity contribution < 1.29 is 0 Å². The lowest BCUT2D eigenvalue weighted by atomic mass is 10.1. The second kappa shape index (κ2) is 4.92. The zero-order chi connectivity index (χ0) is 13.4. The molecule has 2 N–H and O–H groups in total. The Morgan fingerprint density at radius 1 is 1.10 bits per heavy atom. The van der Waals surface area contributed by atoms with E-state index in [0.29, 0.717) is 0 Å². The van der Waals surface area contributed by atoms with Crippen LogP contribution in [-0.2, 0) is 0 Å². The average Bonchev–Trinajstić information content (AvgIpc) is 2.87. The molecule has 0 radical (unpaired) electrons. The number of amidine groups is 1. The second-order valence-electron chi connectivity index (χ2n) is 4.98. The SMILES string of the molecule is c1ccc2c(c1)Nc1sccc1N=C2N1CCNCC1. The van der Waals surface area contributed by atoms with Crippen LogP contribution in [0.25, 0.3) is 0 Å². The Balaban J connectivity index is 1.85. The van der Waals surface area contributed by atoms with Crippen LogP contribution in [0.15, 0.2) is 40.7 Å². The molecule has 0 atom stereocenters. The number of piperazine rings is 1. The number of nitrogens with one attached hydrogen (secondary N) is 2. The molecule has 1 aromatic carbocycles. The quantitative estimate of drug-likeness (QED) is 0.781. The number of anilines is 2. The third-order valence-electron chi connectivity index (χ3n) is 3.70. The summed E-state index contributed by atoms with van der Waals surface area (Å²) in [7, 11) is 0. The van der Waals surface area contributed by atoms with Gasteiger partial charge >= 0.3 is 0 Å². The third-order valence-corrected chi connectivity index (χ3v) is 4.52. The zero-order valence-corrected chi connectivity index (χ0v) is 11.9. The largest absolute Gasteiger partial charge is 0.353 e. The van der Waals surface area contributed by atoms with Gasteiger partial charge < -0.3 is 15.5 Å². The molecule has 1 fully saturated rings. The Morgan fingerprint density at radius 3 is 2.85 bits per heavy atom. The van der Waals surface area contributed by atoms with Crippen LogP contribution in [-0.4, -0.2) is 36.9 Å². The molecule has 2 aliphatic heterocycles. The minimum absolute atomic E-state index is 1.01. The molecule has 0 saturated carbocycles. The van der Waals surface area contributed by atoms with Gasteiger partial charge in [0.1, 0.15) is 16.5 Å². The Bertz CT molecular complexity index is 655. The first-order chi connectivity index (χ1) is 9.92. The molecule has 3 heterocycles. The number of nitrogens with zero attached hydrogens (tertiary/aromatic N) is 2. The molecule has 1 saturated heterocycles. The van der Waals surface area contributed by atoms with Crippen molar-refractivity contribution in [3.05, 3.63) is 41.3 Å². The fourth-order valence-electron chi connectivity index (χ4n) is 2.69. The van der Waals surface area contributed by atoms with E-state index in [1.165, 1.54) is 5.56 Å². The molecule has 0 aliphatic carbocycles. The Kier molecular flexibility index (Phi) is 2.94. The summed E-state index contributed by atoms with van der Waals surface area (Å²) < 4.78 is 0. The summed E-state index contributed by atoms with van der Waals surface area (Å²) in [5.74, 6) is 1.09. The van der Waals surface area contributed by atoms with Crippen molar-refractivity contribution in [3.63, 3.8) is 0 Å². The fraction of sp³-hybridized carbons (Fsp3) is 0.267. The summed E-state index contributed by atoms with van der Waals surface area (Å²) in [6, 6.07) is 10.5. The molecule has 102 valence electrons. The van der Waals surface area contributed by atoms with Crippen LogP contribution in [0.5, 0.6) is 0 Å². The van der Waals surface area contributed by atoms with Crippen molar-refractivity contribution in [1.29, 1.82) is 0 Å². The number of aliphatic imine (C=N–C) groups is 1. The lowest BCUT2D eigenvalue weighted by molar-refractivity contribution is 0.358. The van der Waals surface area contributed by atoms with E-state index in [9.17, 15) is 0 Å². The summed E-state index contributed by atoms with van der Waals surface area (Å²) in [5, 5.41) is 10.1. The van der Waals surface area contributed by atoms with E-state index in [1.807, 2.05) is 0 Å². The maximum absolute atomic E-state index is 4.93. The number of thiophene rings is 1. The van der Waals surface area contributed by atoms with Gasteiger partial charge in [-0.15, -0.1) is 11.3 Å². The van der Waals surface area contributed by atoms with Crippen LogP contribution in [0.3, 0.4) is 0 Å². The van der Waals surface area contributed by atoms with Crippen molar-refractivity contribution in [1.82, 2.24) is 10.2 Å². The monoisotopic (exact) mass is 284 g/mol. The fourth-order valence-corrected chi connectivity index (χ4v) is 3.42. The van der Waals surface area contributed by atoms with Crippen LogP contribution in [0.4, 0.5) is 16.4 Å². The minimum Gasteiger partial charge on any atom is -0.353 e. The Labute approximate surface area is 122 Å². The predicted octanol–water partition coefficient (Wildman–Crippen LogP) is 2.79. The average molecular weight is 284 g/mol. The number of hydrogen-bond acceptors (Lipinski definition) is 5. The molecule has 1 aromatic heterocycles. The van der Waals surface area contributed by atoms with E-state index in [4.69, 9.17) is 4.99 Å². The number of para-hydroxylation sites is 1. The van der Waals surface area contributed by atoms with Crippen molar-refractivity contribution in [3.8, 4) is 0 Å². The van der Waals surface area contributed by atoms with Crippen molar-refractivity contribution in [2.24, 2.45) is 4.99 Å². The van der Waals surface area contributed by atoms with Crippen LogP contribution < -0.4 is 10.6 Å². The molecule has 5 heteroatoms. The summed E-state index contributed by atoms with van der Waals surface area (Å²) in [4.78, 5) is 7.31. The van der Waals surface area contributed by atoms with E-state index in [0.717, 1.165) is 48.4 Å². The zero-order valence-electron chi connectivity index (χ0n) is 11.1. The Morgan fingerprint density at radius 2 is 1.95 bits per heavy atom. The first-order valence-electron chi connectivity index (χ1n) is 6.90. The molecule has 0 bridgehead atoms. The molecule has 0 amide bonds. The first kappa shape index (κ1) is 11.9. The molecule has 0 spiro atoms. The van der Waals surface area contributed by atoms with Crippen LogP contribution in [0, 0.1) is 0 Å². The normalized spacial score (nSPS) is 17.6. The summed E-state index contributed by atoms with van der Waals surface area (Å²) in [6.07, 6.45) is 0. The molecule has 4 nitrogen and oxygen atoms in total. The first-order valence-corrected chi connectivity index (χ1v) is 7.78. The van der Waals surface area contributed by atoms with Gasteiger partial charge in [-0.3, -0.25) is 0 Å². The van der Waals surface area contributed by atoms with E-state index in [-0.39, 0.29) is 0 Å². The highest BCUT2D eigenvalue weighted by molar-refractivity contribution is 7.15. The van der Waals surface area contributed by atoms with Gasteiger partial charge in [-0.25, -0.2) is 4.99 Å². The lowest BCUT2D eigenvalue weighted by Gasteiger charge is -2.30. The Hall–Kier alpha value is -1.85. The van der Waals surface area contributed by atoms with Gasteiger partial charge in [-0.2, -0.15) is 0 Å². The molecule has 2 aromatic rings. The summed E-state index contributed by atoms with van der Waals surface area (Å²) in [5.41, 5.74) is 3.38.